The molecule has 4 fully saturated rings. The van der Waals surface area contributed by atoms with Crippen molar-refractivity contribution in [2.75, 3.05) is 6.54 Å². The number of fused-ring (bicyclic) bond motifs is 3. The Morgan fingerprint density at radius 3 is 2.85 bits per heavy atom. The van der Waals surface area contributed by atoms with E-state index in [9.17, 15) is 9.59 Å². The molecule has 1 aromatic carbocycles. The fourth-order valence-electron chi connectivity index (χ4n) is 6.71. The quantitative estimate of drug-likeness (QED) is 0.570. The van der Waals surface area contributed by atoms with E-state index in [2.05, 4.69) is 33.2 Å². The van der Waals surface area contributed by atoms with E-state index in [0.29, 0.717) is 17.4 Å². The summed E-state index contributed by atoms with van der Waals surface area (Å²) in [4.78, 5) is 43.6. The Morgan fingerprint density at radius 1 is 1.12 bits per heavy atom. The van der Waals surface area contributed by atoms with Gasteiger partial charge in [0, 0.05) is 30.9 Å². The lowest BCUT2D eigenvalue weighted by Gasteiger charge is -2.30. The SMILES string of the molecule is O=CN1CC2(CC2)C[C@H]1c1ncc(Cc2ccc3nc([C@@H]4[C@@H]5CC[C@H](C5)N4C=O)[nH]c3c2)[nH]1. The van der Waals surface area contributed by atoms with Crippen LogP contribution < -0.4 is 0 Å². The molecule has 2 aliphatic heterocycles. The van der Waals surface area contributed by atoms with Crippen LogP contribution in [-0.4, -0.2) is 55.1 Å². The first-order chi connectivity index (χ1) is 16.1. The molecule has 2 bridgehead atoms. The summed E-state index contributed by atoms with van der Waals surface area (Å²) in [5.74, 6) is 2.32. The second kappa shape index (κ2) is 6.92. The number of nitrogens with zero attached hydrogens (tertiary/aromatic N) is 4. The minimum absolute atomic E-state index is 0.0684. The number of hydrogen-bond donors (Lipinski definition) is 2. The molecule has 0 radical (unpaired) electrons. The topological polar surface area (TPSA) is 98.0 Å². The predicted octanol–water partition coefficient (Wildman–Crippen LogP) is 3.24. The zero-order valence-electron chi connectivity index (χ0n) is 18.5. The zero-order chi connectivity index (χ0) is 22.2. The Kier molecular flexibility index (Phi) is 4.05. The molecule has 0 unspecified atom stereocenters. The number of piperidine rings is 1. The van der Waals surface area contributed by atoms with Crippen LogP contribution in [-0.2, 0) is 16.0 Å². The average Bonchev–Trinajstić information content (AvgIpc) is 3.38. The number of likely N-dealkylation sites (tertiary alicyclic amines) is 2. The van der Waals surface area contributed by atoms with Gasteiger partial charge in [-0.1, -0.05) is 6.07 Å². The molecule has 2 amide bonds. The molecule has 4 aliphatic rings. The van der Waals surface area contributed by atoms with Crippen LogP contribution in [0.2, 0.25) is 0 Å². The number of carbonyl (C=O) groups is 2. The monoisotopic (exact) mass is 444 g/mol. The lowest BCUT2D eigenvalue weighted by atomic mass is 9.98. The summed E-state index contributed by atoms with van der Waals surface area (Å²) in [6.07, 6.45) is 11.5. The molecule has 1 spiro atoms. The molecule has 3 aromatic rings. The van der Waals surface area contributed by atoms with Crippen molar-refractivity contribution in [1.29, 1.82) is 0 Å². The Hall–Kier alpha value is -3.16. The van der Waals surface area contributed by atoms with E-state index >= 15 is 0 Å². The Labute approximate surface area is 191 Å². The first-order valence-corrected chi connectivity index (χ1v) is 12.1. The molecule has 8 nitrogen and oxygen atoms in total. The molecular weight excluding hydrogens is 416 g/mol. The fourth-order valence-corrected chi connectivity index (χ4v) is 6.71. The molecule has 4 atom stereocenters. The summed E-state index contributed by atoms with van der Waals surface area (Å²) in [6.45, 7) is 0.861. The maximum Gasteiger partial charge on any atom is 0.210 e. The number of rotatable bonds is 6. The average molecular weight is 445 g/mol. The number of H-pyrrole nitrogens is 2. The Balaban J connectivity index is 1.11. The third-order valence-corrected chi connectivity index (χ3v) is 8.60. The van der Waals surface area contributed by atoms with Gasteiger partial charge in [0.05, 0.1) is 23.1 Å². The summed E-state index contributed by atoms with van der Waals surface area (Å²) in [6, 6.07) is 6.84. The maximum absolute atomic E-state index is 11.7. The van der Waals surface area contributed by atoms with Gasteiger partial charge < -0.3 is 19.8 Å². The van der Waals surface area contributed by atoms with Crippen LogP contribution in [0.15, 0.2) is 24.4 Å². The Morgan fingerprint density at radius 2 is 2.03 bits per heavy atom. The van der Waals surface area contributed by atoms with Crippen molar-refractivity contribution in [2.24, 2.45) is 11.3 Å². The van der Waals surface area contributed by atoms with Crippen LogP contribution in [0.5, 0.6) is 0 Å². The lowest BCUT2D eigenvalue weighted by molar-refractivity contribution is -0.122. The third kappa shape index (κ3) is 3.03. The lowest BCUT2D eigenvalue weighted by Crippen LogP contribution is -2.34. The van der Waals surface area contributed by atoms with Crippen LogP contribution in [0, 0.1) is 11.3 Å². The van der Waals surface area contributed by atoms with E-state index < -0.39 is 0 Å². The van der Waals surface area contributed by atoms with Crippen LogP contribution in [0.25, 0.3) is 11.0 Å². The van der Waals surface area contributed by atoms with Crippen molar-refractivity contribution < 1.29 is 9.59 Å². The standard InChI is InChI=1S/C25H28N6O2/c32-13-30-12-25(5-6-25)10-21(30)23-26-11-17(27-23)7-15-1-4-19-20(8-15)29-24(28-19)22-16-2-3-18(9-16)31(22)14-33/h1,4,8,11,13-14,16,18,21-22H,2-3,5-7,9-10,12H2,(H,26,27)(H,28,29)/t16-,18-,21+,22+/m1/s1. The fraction of sp³-hybridized carbons (Fsp3) is 0.520. The highest BCUT2D eigenvalue weighted by molar-refractivity contribution is 5.76. The minimum atomic E-state index is 0.0684. The molecule has 7 rings (SSSR count). The van der Waals surface area contributed by atoms with Crippen molar-refractivity contribution in [3.8, 4) is 0 Å². The predicted molar refractivity (Wildman–Crippen MR) is 121 cm³/mol. The summed E-state index contributed by atoms with van der Waals surface area (Å²) in [5.41, 5.74) is 4.52. The summed E-state index contributed by atoms with van der Waals surface area (Å²) in [7, 11) is 0. The van der Waals surface area contributed by atoms with Crippen LogP contribution in [0.4, 0.5) is 0 Å². The molecular formula is C25H28N6O2. The number of aromatic nitrogens is 4. The van der Waals surface area contributed by atoms with Crippen molar-refractivity contribution in [2.45, 2.75) is 63.1 Å². The molecule has 170 valence electrons. The van der Waals surface area contributed by atoms with Gasteiger partial charge in [-0.15, -0.1) is 0 Å². The van der Waals surface area contributed by atoms with Crippen molar-refractivity contribution in [3.05, 3.63) is 47.3 Å². The van der Waals surface area contributed by atoms with E-state index in [0.717, 1.165) is 73.4 Å². The normalized spacial score (nSPS) is 29.5. The maximum atomic E-state index is 11.7. The number of amides is 2. The summed E-state index contributed by atoms with van der Waals surface area (Å²) in [5, 5.41) is 0. The third-order valence-electron chi connectivity index (χ3n) is 8.60. The number of nitrogens with one attached hydrogen (secondary N) is 2. The summed E-state index contributed by atoms with van der Waals surface area (Å²) < 4.78 is 0. The number of imidazole rings is 2. The van der Waals surface area contributed by atoms with Crippen LogP contribution >= 0.6 is 0 Å². The van der Waals surface area contributed by atoms with E-state index in [1.807, 2.05) is 16.0 Å². The minimum Gasteiger partial charge on any atom is -0.344 e. The van der Waals surface area contributed by atoms with Crippen LogP contribution in [0.3, 0.4) is 0 Å². The van der Waals surface area contributed by atoms with E-state index in [1.165, 1.54) is 24.8 Å². The highest BCUT2D eigenvalue weighted by atomic mass is 16.1. The molecule has 4 heterocycles. The van der Waals surface area contributed by atoms with Gasteiger partial charge in [-0.25, -0.2) is 9.97 Å². The largest absolute Gasteiger partial charge is 0.344 e. The van der Waals surface area contributed by atoms with Gasteiger partial charge in [0.2, 0.25) is 12.8 Å². The van der Waals surface area contributed by atoms with E-state index in [4.69, 9.17) is 4.98 Å². The first-order valence-electron chi connectivity index (χ1n) is 12.1. The number of hydrogen-bond acceptors (Lipinski definition) is 4. The van der Waals surface area contributed by atoms with Crippen molar-refractivity contribution in [1.82, 2.24) is 29.7 Å². The van der Waals surface area contributed by atoms with Gasteiger partial charge in [0.1, 0.15) is 11.6 Å². The highest BCUT2D eigenvalue weighted by Crippen LogP contribution is 2.57. The van der Waals surface area contributed by atoms with Gasteiger partial charge in [-0.3, -0.25) is 9.59 Å². The Bertz CT molecular complexity index is 1240. The second-order valence-corrected chi connectivity index (χ2v) is 10.7. The number of benzene rings is 1. The number of carbonyl (C=O) groups excluding carboxylic acids is 2. The van der Waals surface area contributed by atoms with E-state index in [-0.39, 0.29) is 12.1 Å². The molecule has 2 saturated heterocycles. The van der Waals surface area contributed by atoms with Gasteiger partial charge in [0.15, 0.2) is 0 Å². The molecule has 2 aliphatic carbocycles. The molecule has 33 heavy (non-hydrogen) atoms. The van der Waals surface area contributed by atoms with Crippen LogP contribution in [0.1, 0.15) is 73.5 Å². The molecule has 2 N–H and O–H groups in total. The molecule has 8 heteroatoms. The summed E-state index contributed by atoms with van der Waals surface area (Å²) >= 11 is 0. The number of aromatic amines is 2. The molecule has 2 saturated carbocycles. The molecule has 2 aromatic heterocycles. The highest BCUT2D eigenvalue weighted by Gasteiger charge is 2.52. The van der Waals surface area contributed by atoms with Crippen molar-refractivity contribution >= 4 is 23.9 Å². The zero-order valence-corrected chi connectivity index (χ0v) is 18.5. The van der Waals surface area contributed by atoms with Gasteiger partial charge in [-0.2, -0.15) is 0 Å². The van der Waals surface area contributed by atoms with Crippen molar-refractivity contribution in [3.63, 3.8) is 0 Å². The van der Waals surface area contributed by atoms with Gasteiger partial charge in [-0.05, 0) is 67.6 Å². The van der Waals surface area contributed by atoms with E-state index in [1.54, 1.807) is 0 Å². The smallest absolute Gasteiger partial charge is 0.210 e. The van der Waals surface area contributed by atoms with Gasteiger partial charge in [0.25, 0.3) is 0 Å². The second-order valence-electron chi connectivity index (χ2n) is 10.7. The van der Waals surface area contributed by atoms with Gasteiger partial charge >= 0.3 is 0 Å². The first kappa shape index (κ1) is 19.3.